The Morgan fingerprint density at radius 2 is 2.44 bits per heavy atom. The summed E-state index contributed by atoms with van der Waals surface area (Å²) in [5.74, 6) is 0. The lowest BCUT2D eigenvalue weighted by molar-refractivity contribution is 1.23. The number of allylic oxidation sites excluding steroid dienone is 3. The molecule has 0 spiro atoms. The summed E-state index contributed by atoms with van der Waals surface area (Å²) in [5.41, 5.74) is 2.50. The summed E-state index contributed by atoms with van der Waals surface area (Å²) < 4.78 is 0. The summed E-state index contributed by atoms with van der Waals surface area (Å²) in [4.78, 5) is 4.15. The van der Waals surface area contributed by atoms with Crippen molar-refractivity contribution < 1.29 is 0 Å². The third-order valence-corrected chi connectivity index (χ3v) is 1.52. The molecule has 0 fully saturated rings. The molecule has 1 nitrogen and oxygen atoms in total. The first-order valence-electron chi connectivity index (χ1n) is 3.19. The average Bonchev–Trinajstić information content (AvgIpc) is 1.89. The minimum absolute atomic E-state index is 1.05. The molecule has 1 aliphatic heterocycles. The van der Waals surface area contributed by atoms with Crippen LogP contribution in [0.5, 0.6) is 0 Å². The van der Waals surface area contributed by atoms with Crippen LogP contribution >= 0.6 is 0 Å². The molecule has 1 aliphatic rings. The third-order valence-electron chi connectivity index (χ3n) is 1.52. The van der Waals surface area contributed by atoms with Gasteiger partial charge in [0.05, 0.1) is 0 Å². The van der Waals surface area contributed by atoms with Gasteiger partial charge in [0.2, 0.25) is 0 Å². The van der Waals surface area contributed by atoms with Crippen molar-refractivity contribution in [3.63, 3.8) is 0 Å². The lowest BCUT2D eigenvalue weighted by Crippen LogP contribution is -1.98. The van der Waals surface area contributed by atoms with Crippen LogP contribution in [-0.4, -0.2) is 5.71 Å². The summed E-state index contributed by atoms with van der Waals surface area (Å²) in [5, 5.41) is 0. The van der Waals surface area contributed by atoms with Crippen LogP contribution in [0, 0.1) is 0 Å². The Kier molecular flexibility index (Phi) is 1.83. The Hall–Kier alpha value is -0.850. The molecule has 0 radical (unpaired) electrons. The summed E-state index contributed by atoms with van der Waals surface area (Å²) >= 11 is 0. The summed E-state index contributed by atoms with van der Waals surface area (Å²) in [6.07, 6.45) is 7.10. The van der Waals surface area contributed by atoms with Gasteiger partial charge in [-0.15, -0.1) is 0 Å². The van der Waals surface area contributed by atoms with E-state index in [1.54, 1.807) is 0 Å². The van der Waals surface area contributed by atoms with Crippen molar-refractivity contribution in [3.05, 3.63) is 23.9 Å². The van der Waals surface area contributed by atoms with Crippen LogP contribution in [0.15, 0.2) is 28.9 Å². The zero-order valence-electron chi connectivity index (χ0n) is 5.89. The molecule has 0 amide bonds. The van der Waals surface area contributed by atoms with Gasteiger partial charge < -0.3 is 0 Å². The molecule has 1 heteroatoms. The van der Waals surface area contributed by atoms with E-state index >= 15 is 0 Å². The minimum Gasteiger partial charge on any atom is -0.262 e. The first-order valence-corrected chi connectivity index (χ1v) is 3.19. The maximum Gasteiger partial charge on any atom is 0.0404 e. The molecule has 0 aromatic rings. The molecule has 0 saturated carbocycles. The van der Waals surface area contributed by atoms with Crippen molar-refractivity contribution in [1.82, 2.24) is 0 Å². The summed E-state index contributed by atoms with van der Waals surface area (Å²) in [7, 11) is 0. The molecule has 0 unspecified atom stereocenters. The zero-order chi connectivity index (χ0) is 6.69. The van der Waals surface area contributed by atoms with Crippen LogP contribution in [0.4, 0.5) is 0 Å². The summed E-state index contributed by atoms with van der Waals surface area (Å²) in [6, 6.07) is 0. The topological polar surface area (TPSA) is 12.4 Å². The van der Waals surface area contributed by atoms with Gasteiger partial charge in [0, 0.05) is 11.9 Å². The maximum atomic E-state index is 4.15. The van der Waals surface area contributed by atoms with Gasteiger partial charge >= 0.3 is 0 Å². The van der Waals surface area contributed by atoms with Crippen LogP contribution in [0.2, 0.25) is 0 Å². The van der Waals surface area contributed by atoms with E-state index in [2.05, 4.69) is 17.1 Å². The number of hydrogen-bond donors (Lipinski definition) is 0. The van der Waals surface area contributed by atoms with E-state index in [0.29, 0.717) is 0 Å². The quantitative estimate of drug-likeness (QED) is 0.466. The molecule has 0 aliphatic carbocycles. The predicted molar refractivity (Wildman–Crippen MR) is 40.6 cm³/mol. The molecule has 1 heterocycles. The molecular weight excluding hydrogens is 110 g/mol. The highest BCUT2D eigenvalue weighted by molar-refractivity contribution is 5.99. The fourth-order valence-electron chi connectivity index (χ4n) is 0.902. The smallest absolute Gasteiger partial charge is 0.0404 e. The van der Waals surface area contributed by atoms with Gasteiger partial charge in [-0.25, -0.2) is 0 Å². The normalized spacial score (nSPS) is 22.4. The molecule has 9 heavy (non-hydrogen) atoms. The Bertz CT molecular complexity index is 185. The van der Waals surface area contributed by atoms with Crippen molar-refractivity contribution in [3.8, 4) is 0 Å². The number of hydrogen-bond acceptors (Lipinski definition) is 1. The van der Waals surface area contributed by atoms with E-state index in [9.17, 15) is 0 Å². The van der Waals surface area contributed by atoms with E-state index in [4.69, 9.17) is 0 Å². The molecule has 48 valence electrons. The van der Waals surface area contributed by atoms with Gasteiger partial charge in [0.15, 0.2) is 0 Å². The second-order valence-corrected chi connectivity index (χ2v) is 2.12. The molecular formula is C8H11N. The number of rotatable bonds is 0. The van der Waals surface area contributed by atoms with Crippen LogP contribution < -0.4 is 0 Å². The second-order valence-electron chi connectivity index (χ2n) is 2.12. The molecule has 0 aromatic heterocycles. The number of nitrogens with zero attached hydrogens (tertiary/aromatic N) is 1. The average molecular weight is 121 g/mol. The largest absolute Gasteiger partial charge is 0.262 e. The lowest BCUT2D eigenvalue weighted by atomic mass is 10.1. The van der Waals surface area contributed by atoms with E-state index in [1.807, 2.05) is 20.0 Å². The highest BCUT2D eigenvalue weighted by Gasteiger charge is 1.99. The number of aliphatic imine (C=N–C) groups is 1. The second kappa shape index (κ2) is 2.62. The van der Waals surface area contributed by atoms with E-state index in [1.165, 1.54) is 5.57 Å². The van der Waals surface area contributed by atoms with Crippen molar-refractivity contribution in [2.45, 2.75) is 20.3 Å². The van der Waals surface area contributed by atoms with E-state index in [-0.39, 0.29) is 0 Å². The van der Waals surface area contributed by atoms with Gasteiger partial charge in [-0.05, 0) is 25.8 Å². The Labute approximate surface area is 55.8 Å². The highest BCUT2D eigenvalue weighted by atomic mass is 14.7. The van der Waals surface area contributed by atoms with Gasteiger partial charge in [-0.1, -0.05) is 12.2 Å². The molecule has 0 atom stereocenters. The Morgan fingerprint density at radius 1 is 1.67 bits per heavy atom. The van der Waals surface area contributed by atoms with Gasteiger partial charge in [-0.2, -0.15) is 0 Å². The minimum atomic E-state index is 1.05. The molecule has 1 rings (SSSR count). The van der Waals surface area contributed by atoms with Gasteiger partial charge in [-0.3, -0.25) is 4.99 Å². The SMILES string of the molecule is C/C=C1\CC=CN=C1C. The maximum absolute atomic E-state index is 4.15. The Morgan fingerprint density at radius 3 is 2.89 bits per heavy atom. The van der Waals surface area contributed by atoms with Gasteiger partial charge in [0.1, 0.15) is 0 Å². The molecule has 0 N–H and O–H groups in total. The van der Waals surface area contributed by atoms with Crippen molar-refractivity contribution >= 4 is 5.71 Å². The van der Waals surface area contributed by atoms with Crippen LogP contribution in [-0.2, 0) is 0 Å². The lowest BCUT2D eigenvalue weighted by Gasteiger charge is -2.05. The molecule has 0 bridgehead atoms. The first kappa shape index (κ1) is 6.27. The molecule has 0 aromatic carbocycles. The summed E-state index contributed by atoms with van der Waals surface area (Å²) in [6.45, 7) is 4.09. The van der Waals surface area contributed by atoms with E-state index in [0.717, 1.165) is 12.1 Å². The fraction of sp³-hybridized carbons (Fsp3) is 0.375. The standard InChI is InChI=1S/C8H11N/c1-3-8-5-4-6-9-7(8)2/h3-4,6H,5H2,1-2H3/b8-3+. The zero-order valence-corrected chi connectivity index (χ0v) is 5.89. The van der Waals surface area contributed by atoms with E-state index < -0.39 is 0 Å². The predicted octanol–water partition coefficient (Wildman–Crippen LogP) is 2.31. The van der Waals surface area contributed by atoms with Crippen LogP contribution in [0.25, 0.3) is 0 Å². The van der Waals surface area contributed by atoms with Crippen molar-refractivity contribution in [2.75, 3.05) is 0 Å². The van der Waals surface area contributed by atoms with Crippen molar-refractivity contribution in [1.29, 1.82) is 0 Å². The van der Waals surface area contributed by atoms with Crippen LogP contribution in [0.3, 0.4) is 0 Å². The first-order chi connectivity index (χ1) is 4.34. The van der Waals surface area contributed by atoms with Crippen molar-refractivity contribution in [2.24, 2.45) is 4.99 Å². The Balaban J connectivity index is 2.83. The monoisotopic (exact) mass is 121 g/mol. The fourth-order valence-corrected chi connectivity index (χ4v) is 0.902. The van der Waals surface area contributed by atoms with Crippen LogP contribution in [0.1, 0.15) is 20.3 Å². The highest BCUT2D eigenvalue weighted by Crippen LogP contribution is 2.09. The third kappa shape index (κ3) is 1.28. The van der Waals surface area contributed by atoms with Gasteiger partial charge in [0.25, 0.3) is 0 Å². The molecule has 0 saturated heterocycles.